The minimum atomic E-state index is 0.0322. The number of anilines is 1. The summed E-state index contributed by atoms with van der Waals surface area (Å²) in [6.45, 7) is 5.32. The highest BCUT2D eigenvalue weighted by Crippen LogP contribution is 2.20. The molecule has 2 amide bonds. The van der Waals surface area contributed by atoms with Crippen LogP contribution in [0, 0.1) is 0 Å². The molecule has 7 heteroatoms. The van der Waals surface area contributed by atoms with E-state index in [0.29, 0.717) is 32.7 Å². The van der Waals surface area contributed by atoms with E-state index in [4.69, 9.17) is 11.6 Å². The van der Waals surface area contributed by atoms with Crippen molar-refractivity contribution in [3.8, 4) is 0 Å². The van der Waals surface area contributed by atoms with E-state index in [0.717, 1.165) is 35.2 Å². The molecule has 3 rings (SSSR count). The molecule has 0 radical (unpaired) electrons. The molecule has 2 saturated heterocycles. The van der Waals surface area contributed by atoms with Gasteiger partial charge in [0.2, 0.25) is 0 Å². The molecule has 23 heavy (non-hydrogen) atoms. The smallest absolute Gasteiger partial charge is 0.277 e. The Hall–Kier alpha value is -1.79. The molecule has 0 spiro atoms. The first-order valence-corrected chi connectivity index (χ1v) is 8.38. The quantitative estimate of drug-likeness (QED) is 0.744. The second kappa shape index (κ2) is 7.19. The van der Waals surface area contributed by atoms with Crippen molar-refractivity contribution in [3.05, 3.63) is 29.3 Å². The van der Waals surface area contributed by atoms with Gasteiger partial charge in [-0.1, -0.05) is 17.7 Å². The van der Waals surface area contributed by atoms with E-state index in [1.165, 1.54) is 0 Å². The standard InChI is InChI=1S/C16H21ClN4O2/c17-13-2-1-3-14(10-13)20-6-8-21(9-7-20)16(23)12-19-5-4-18-15(22)11-19/h1-3,10H,4-9,11-12H2,(H,18,22)/p+1. The Morgan fingerprint density at radius 1 is 1.26 bits per heavy atom. The van der Waals surface area contributed by atoms with Gasteiger partial charge < -0.3 is 20.0 Å². The number of rotatable bonds is 3. The van der Waals surface area contributed by atoms with Crippen molar-refractivity contribution in [1.82, 2.24) is 10.2 Å². The molecule has 2 heterocycles. The number of amides is 2. The van der Waals surface area contributed by atoms with Crippen LogP contribution in [0.25, 0.3) is 0 Å². The van der Waals surface area contributed by atoms with E-state index in [9.17, 15) is 9.59 Å². The molecule has 1 unspecified atom stereocenters. The average Bonchev–Trinajstić information content (AvgIpc) is 2.55. The van der Waals surface area contributed by atoms with Crippen molar-refractivity contribution in [2.75, 3.05) is 57.3 Å². The maximum atomic E-state index is 12.4. The summed E-state index contributed by atoms with van der Waals surface area (Å²) in [6, 6.07) is 7.80. The van der Waals surface area contributed by atoms with E-state index >= 15 is 0 Å². The highest BCUT2D eigenvalue weighted by molar-refractivity contribution is 6.30. The molecule has 2 aliphatic rings. The number of carbonyl (C=O) groups is 2. The summed E-state index contributed by atoms with van der Waals surface area (Å²) in [5.74, 6) is 0.172. The second-order valence-corrected chi connectivity index (χ2v) is 6.49. The average molecular weight is 338 g/mol. The first-order valence-electron chi connectivity index (χ1n) is 8.00. The Morgan fingerprint density at radius 3 is 2.74 bits per heavy atom. The van der Waals surface area contributed by atoms with Crippen LogP contribution in [-0.4, -0.2) is 69.1 Å². The Balaban J connectivity index is 1.50. The molecule has 2 fully saturated rings. The first-order chi connectivity index (χ1) is 11.1. The maximum absolute atomic E-state index is 12.4. The van der Waals surface area contributed by atoms with Crippen LogP contribution in [0.4, 0.5) is 5.69 Å². The first kappa shape index (κ1) is 16.1. The zero-order valence-electron chi connectivity index (χ0n) is 13.1. The van der Waals surface area contributed by atoms with Crippen molar-refractivity contribution in [2.45, 2.75) is 0 Å². The van der Waals surface area contributed by atoms with Crippen molar-refractivity contribution in [2.24, 2.45) is 0 Å². The summed E-state index contributed by atoms with van der Waals surface area (Å²) in [5.41, 5.74) is 1.10. The summed E-state index contributed by atoms with van der Waals surface area (Å²) in [6.07, 6.45) is 0. The minimum Gasteiger partial charge on any atom is -0.368 e. The summed E-state index contributed by atoms with van der Waals surface area (Å²) in [5, 5.41) is 3.52. The number of hydrogen-bond acceptors (Lipinski definition) is 3. The number of piperazine rings is 2. The van der Waals surface area contributed by atoms with Gasteiger partial charge in [0.1, 0.15) is 0 Å². The molecule has 124 valence electrons. The predicted molar refractivity (Wildman–Crippen MR) is 88.8 cm³/mol. The van der Waals surface area contributed by atoms with E-state index in [-0.39, 0.29) is 11.8 Å². The number of nitrogens with one attached hydrogen (secondary N) is 2. The van der Waals surface area contributed by atoms with Crippen LogP contribution in [0.5, 0.6) is 0 Å². The highest BCUT2D eigenvalue weighted by atomic mass is 35.5. The fraction of sp³-hybridized carbons (Fsp3) is 0.500. The number of hydrogen-bond donors (Lipinski definition) is 2. The molecule has 1 atom stereocenters. The predicted octanol–water partition coefficient (Wildman–Crippen LogP) is -0.997. The molecule has 0 saturated carbocycles. The van der Waals surface area contributed by atoms with Crippen LogP contribution in [0.15, 0.2) is 24.3 Å². The lowest BCUT2D eigenvalue weighted by Crippen LogP contribution is -3.16. The van der Waals surface area contributed by atoms with Crippen molar-refractivity contribution >= 4 is 29.1 Å². The van der Waals surface area contributed by atoms with Crippen molar-refractivity contribution < 1.29 is 14.5 Å². The Morgan fingerprint density at radius 2 is 2.04 bits per heavy atom. The SMILES string of the molecule is O=C1C[NH+](CC(=O)N2CCN(c3cccc(Cl)c3)CC2)CCN1. The van der Waals surface area contributed by atoms with E-state index in [1.807, 2.05) is 29.2 Å². The van der Waals surface area contributed by atoms with Crippen LogP contribution >= 0.6 is 11.6 Å². The molecule has 2 aliphatic heterocycles. The Bertz CT molecular complexity index is 587. The third kappa shape index (κ3) is 4.14. The molecule has 1 aromatic rings. The van der Waals surface area contributed by atoms with Crippen molar-refractivity contribution in [1.29, 1.82) is 0 Å². The Labute approximate surface area is 141 Å². The van der Waals surface area contributed by atoms with Gasteiger partial charge in [0.05, 0.1) is 13.1 Å². The molecule has 0 bridgehead atoms. The molecule has 0 aromatic heterocycles. The molecule has 1 aromatic carbocycles. The lowest BCUT2D eigenvalue weighted by molar-refractivity contribution is -0.885. The van der Waals surface area contributed by atoms with Gasteiger partial charge in [-0.15, -0.1) is 0 Å². The molecule has 0 aliphatic carbocycles. The van der Waals surface area contributed by atoms with Gasteiger partial charge in [0, 0.05) is 36.9 Å². The number of carbonyl (C=O) groups excluding carboxylic acids is 2. The van der Waals surface area contributed by atoms with Gasteiger partial charge in [-0.3, -0.25) is 9.59 Å². The van der Waals surface area contributed by atoms with E-state index < -0.39 is 0 Å². The molecule has 2 N–H and O–H groups in total. The molecular formula is C16H22ClN4O2+. The summed E-state index contributed by atoms with van der Waals surface area (Å²) in [7, 11) is 0. The summed E-state index contributed by atoms with van der Waals surface area (Å²) >= 11 is 6.04. The van der Waals surface area contributed by atoms with Crippen LogP contribution in [0.3, 0.4) is 0 Å². The molecule has 6 nitrogen and oxygen atoms in total. The van der Waals surface area contributed by atoms with Crippen LogP contribution in [0.1, 0.15) is 0 Å². The normalized spacial score (nSPS) is 22.0. The zero-order chi connectivity index (χ0) is 16.2. The summed E-state index contributed by atoms with van der Waals surface area (Å²) < 4.78 is 0. The third-order valence-electron chi connectivity index (χ3n) is 4.42. The lowest BCUT2D eigenvalue weighted by atomic mass is 10.2. The number of nitrogens with zero attached hydrogens (tertiary/aromatic N) is 2. The van der Waals surface area contributed by atoms with Gasteiger partial charge in [0.25, 0.3) is 11.8 Å². The van der Waals surface area contributed by atoms with Gasteiger partial charge >= 0.3 is 0 Å². The topological polar surface area (TPSA) is 57.1 Å². The van der Waals surface area contributed by atoms with Crippen LogP contribution < -0.4 is 15.1 Å². The summed E-state index contributed by atoms with van der Waals surface area (Å²) in [4.78, 5) is 29.0. The van der Waals surface area contributed by atoms with Gasteiger partial charge in [-0.05, 0) is 18.2 Å². The van der Waals surface area contributed by atoms with Gasteiger partial charge in [-0.2, -0.15) is 0 Å². The van der Waals surface area contributed by atoms with Crippen LogP contribution in [0.2, 0.25) is 5.02 Å². The lowest BCUT2D eigenvalue weighted by Gasteiger charge is -2.36. The number of quaternary nitrogens is 1. The maximum Gasteiger partial charge on any atom is 0.277 e. The van der Waals surface area contributed by atoms with Crippen LogP contribution in [-0.2, 0) is 9.59 Å². The second-order valence-electron chi connectivity index (χ2n) is 6.05. The van der Waals surface area contributed by atoms with Crippen molar-refractivity contribution in [3.63, 3.8) is 0 Å². The number of halogens is 1. The number of benzene rings is 1. The van der Waals surface area contributed by atoms with E-state index in [1.54, 1.807) is 0 Å². The minimum absolute atomic E-state index is 0.0322. The third-order valence-corrected chi connectivity index (χ3v) is 4.65. The fourth-order valence-corrected chi connectivity index (χ4v) is 3.30. The highest BCUT2D eigenvalue weighted by Gasteiger charge is 2.27. The zero-order valence-corrected chi connectivity index (χ0v) is 13.8. The van der Waals surface area contributed by atoms with Gasteiger partial charge in [0.15, 0.2) is 13.1 Å². The van der Waals surface area contributed by atoms with Gasteiger partial charge in [-0.25, -0.2) is 0 Å². The van der Waals surface area contributed by atoms with E-state index in [2.05, 4.69) is 10.2 Å². The molecular weight excluding hydrogens is 316 g/mol. The largest absolute Gasteiger partial charge is 0.368 e. The Kier molecular flexibility index (Phi) is 5.03. The monoisotopic (exact) mass is 337 g/mol. The fourth-order valence-electron chi connectivity index (χ4n) is 3.12.